The van der Waals surface area contributed by atoms with Crippen LogP contribution in [-0.4, -0.2) is 70.6 Å². The Morgan fingerprint density at radius 3 is 2.49 bits per heavy atom. The van der Waals surface area contributed by atoms with Crippen molar-refractivity contribution in [2.75, 3.05) is 11.5 Å². The van der Waals surface area contributed by atoms with E-state index in [2.05, 4.69) is 16.0 Å². The lowest BCUT2D eigenvalue weighted by Crippen LogP contribution is -2.58. The second-order valence-electron chi connectivity index (χ2n) is 9.48. The molecule has 1 aromatic rings. The van der Waals surface area contributed by atoms with Crippen LogP contribution in [0.25, 0.3) is 0 Å². The van der Waals surface area contributed by atoms with Crippen LogP contribution >= 0.6 is 21.6 Å². The highest BCUT2D eigenvalue weighted by molar-refractivity contribution is 8.76. The molecule has 1 fully saturated rings. The summed E-state index contributed by atoms with van der Waals surface area (Å²) >= 11 is 0. The van der Waals surface area contributed by atoms with Gasteiger partial charge in [0, 0.05) is 17.9 Å². The Labute approximate surface area is 225 Å². The SMILES string of the molecule is CC(C)[C@H]1NC(=O)[C@@H]2CSSCC/C=C/[C@@H](CC(=O)N[C@H](Cc3ccccc3)C(=O)N2)OC(=O)C[C@@H]1O. The Hall–Kier alpha value is -2.50. The van der Waals surface area contributed by atoms with Gasteiger partial charge >= 0.3 is 5.97 Å². The fourth-order valence-corrected chi connectivity index (χ4v) is 6.28. The molecule has 37 heavy (non-hydrogen) atoms. The maximum Gasteiger partial charge on any atom is 0.309 e. The van der Waals surface area contributed by atoms with Crippen LogP contribution in [0, 0.1) is 5.92 Å². The molecule has 0 unspecified atom stereocenters. The maximum absolute atomic E-state index is 13.4. The number of hydrogen-bond donors (Lipinski definition) is 4. The number of rotatable bonds is 3. The predicted molar refractivity (Wildman–Crippen MR) is 145 cm³/mol. The summed E-state index contributed by atoms with van der Waals surface area (Å²) in [6, 6.07) is 6.69. The third-order valence-corrected chi connectivity index (χ3v) is 8.54. The average Bonchev–Trinajstić information content (AvgIpc) is 2.84. The molecule has 1 saturated heterocycles. The van der Waals surface area contributed by atoms with Crippen LogP contribution < -0.4 is 16.0 Å². The van der Waals surface area contributed by atoms with E-state index in [9.17, 15) is 24.3 Å². The number of aliphatic hydroxyl groups excluding tert-OH is 1. The Morgan fingerprint density at radius 1 is 1.00 bits per heavy atom. The molecule has 202 valence electrons. The van der Waals surface area contributed by atoms with Gasteiger partial charge in [0.15, 0.2) is 0 Å². The van der Waals surface area contributed by atoms with Gasteiger partial charge in [0.1, 0.15) is 18.2 Å². The summed E-state index contributed by atoms with van der Waals surface area (Å²) in [4.78, 5) is 52.4. The lowest BCUT2D eigenvalue weighted by Gasteiger charge is -2.29. The number of allylic oxidation sites excluding steroid dienone is 1. The number of nitrogens with one attached hydrogen (secondary N) is 3. The fourth-order valence-electron chi connectivity index (χ4n) is 4.13. The van der Waals surface area contributed by atoms with Gasteiger partial charge in [-0.25, -0.2) is 0 Å². The van der Waals surface area contributed by atoms with Gasteiger partial charge in [0.2, 0.25) is 17.7 Å². The molecule has 2 bridgehead atoms. The molecular formula is C26H35N3O6S2. The molecule has 3 rings (SSSR count). The van der Waals surface area contributed by atoms with Crippen molar-refractivity contribution in [3.63, 3.8) is 0 Å². The zero-order valence-corrected chi connectivity index (χ0v) is 22.7. The van der Waals surface area contributed by atoms with Crippen molar-refractivity contribution in [3.05, 3.63) is 48.0 Å². The van der Waals surface area contributed by atoms with Gasteiger partial charge in [-0.05, 0) is 24.0 Å². The van der Waals surface area contributed by atoms with E-state index in [1.54, 1.807) is 16.9 Å². The summed E-state index contributed by atoms with van der Waals surface area (Å²) in [6.07, 6.45) is 1.86. The molecule has 0 spiro atoms. The smallest absolute Gasteiger partial charge is 0.309 e. The molecular weight excluding hydrogens is 514 g/mol. The monoisotopic (exact) mass is 549 g/mol. The first-order valence-corrected chi connectivity index (χ1v) is 14.9. The molecule has 0 aromatic heterocycles. The van der Waals surface area contributed by atoms with Crippen molar-refractivity contribution in [1.82, 2.24) is 16.0 Å². The summed E-state index contributed by atoms with van der Waals surface area (Å²) in [5.74, 6) is -1.24. The molecule has 0 saturated carbocycles. The number of aliphatic hydroxyl groups is 1. The minimum Gasteiger partial charge on any atom is -0.457 e. The van der Waals surface area contributed by atoms with E-state index >= 15 is 0 Å². The highest BCUT2D eigenvalue weighted by atomic mass is 33.1. The van der Waals surface area contributed by atoms with Gasteiger partial charge < -0.3 is 25.8 Å². The van der Waals surface area contributed by atoms with Gasteiger partial charge in [-0.1, -0.05) is 71.8 Å². The minimum atomic E-state index is -1.20. The standard InChI is InChI=1S/C26H35N3O6S2/c1-16(2)24-21(30)14-23(32)35-18-10-6-7-11-36-37-15-20(26(34)29-24)28-25(33)19(27-22(31)13-18)12-17-8-4-3-5-9-17/h3-6,8-10,16,18-21,24,30H,7,11-15H2,1-2H3,(H,27,31)(H,28,33)(H,29,34)/b10-6+/t18-,19+,20-,21-,24+/m0/s1. The fraction of sp³-hybridized carbons (Fsp3) is 0.538. The van der Waals surface area contributed by atoms with Crippen molar-refractivity contribution in [2.24, 2.45) is 5.92 Å². The Bertz CT molecular complexity index is 974. The molecule has 0 radical (unpaired) electrons. The number of ether oxygens (including phenoxy) is 1. The highest BCUT2D eigenvalue weighted by Gasteiger charge is 2.33. The van der Waals surface area contributed by atoms with Crippen molar-refractivity contribution < 1.29 is 29.0 Å². The van der Waals surface area contributed by atoms with Crippen LogP contribution in [0.15, 0.2) is 42.5 Å². The van der Waals surface area contributed by atoms with Crippen LogP contribution in [0.3, 0.4) is 0 Å². The van der Waals surface area contributed by atoms with Crippen LogP contribution in [0.4, 0.5) is 0 Å². The topological polar surface area (TPSA) is 134 Å². The summed E-state index contributed by atoms with van der Waals surface area (Å²) < 4.78 is 5.55. The number of esters is 1. The van der Waals surface area contributed by atoms with Crippen molar-refractivity contribution in [3.8, 4) is 0 Å². The average molecular weight is 550 g/mol. The Balaban J connectivity index is 1.98. The zero-order chi connectivity index (χ0) is 26.8. The van der Waals surface area contributed by atoms with Crippen molar-refractivity contribution >= 4 is 45.3 Å². The number of hydrogen-bond acceptors (Lipinski definition) is 8. The summed E-state index contributed by atoms with van der Waals surface area (Å²) in [5.41, 5.74) is 0.843. The van der Waals surface area contributed by atoms with E-state index in [1.165, 1.54) is 10.8 Å². The van der Waals surface area contributed by atoms with Crippen LogP contribution in [-0.2, 0) is 30.3 Å². The van der Waals surface area contributed by atoms with E-state index in [1.807, 2.05) is 50.3 Å². The highest BCUT2D eigenvalue weighted by Crippen LogP contribution is 2.24. The predicted octanol–water partition coefficient (Wildman–Crippen LogP) is 1.75. The Morgan fingerprint density at radius 2 is 1.76 bits per heavy atom. The summed E-state index contributed by atoms with van der Waals surface area (Å²) in [7, 11) is 3.03. The molecule has 3 amide bonds. The lowest BCUT2D eigenvalue weighted by molar-refractivity contribution is -0.151. The molecule has 0 aliphatic carbocycles. The van der Waals surface area contributed by atoms with E-state index in [0.717, 1.165) is 11.3 Å². The molecule has 1 aromatic carbocycles. The second kappa shape index (κ2) is 14.4. The first kappa shape index (κ1) is 29.1. The summed E-state index contributed by atoms with van der Waals surface area (Å²) in [6.45, 7) is 3.66. The van der Waals surface area contributed by atoms with Crippen molar-refractivity contribution in [2.45, 2.75) is 69.9 Å². The minimum absolute atomic E-state index is 0.174. The van der Waals surface area contributed by atoms with E-state index in [0.29, 0.717) is 12.2 Å². The van der Waals surface area contributed by atoms with Crippen molar-refractivity contribution in [1.29, 1.82) is 0 Å². The molecule has 9 nitrogen and oxygen atoms in total. The molecule has 4 N–H and O–H groups in total. The van der Waals surface area contributed by atoms with Gasteiger partial charge in [-0.15, -0.1) is 0 Å². The second-order valence-corrected chi connectivity index (χ2v) is 12.1. The normalized spacial score (nSPS) is 29.6. The quantitative estimate of drug-likeness (QED) is 0.255. The number of carbonyl (C=O) groups is 4. The third-order valence-electron chi connectivity index (χ3n) is 6.09. The zero-order valence-electron chi connectivity index (χ0n) is 21.1. The van der Waals surface area contributed by atoms with Crippen LogP contribution in [0.2, 0.25) is 0 Å². The first-order chi connectivity index (χ1) is 17.7. The van der Waals surface area contributed by atoms with Gasteiger partial charge in [0.25, 0.3) is 0 Å². The van der Waals surface area contributed by atoms with E-state index in [-0.39, 0.29) is 25.2 Å². The molecule has 2 aliphatic heterocycles. The number of benzene rings is 1. The third kappa shape index (κ3) is 9.39. The molecule has 11 heteroatoms. The lowest BCUT2D eigenvalue weighted by atomic mass is 9.96. The molecule has 2 aliphatic rings. The maximum atomic E-state index is 13.4. The summed E-state index contributed by atoms with van der Waals surface area (Å²) in [5, 5.41) is 19.2. The van der Waals surface area contributed by atoms with Crippen LogP contribution in [0.1, 0.15) is 38.7 Å². The Kier molecular flexibility index (Phi) is 11.3. The van der Waals surface area contributed by atoms with Crippen LogP contribution in [0.5, 0.6) is 0 Å². The number of carbonyl (C=O) groups excluding carboxylic acids is 4. The van der Waals surface area contributed by atoms with Gasteiger partial charge in [0.05, 0.1) is 25.0 Å². The molecule has 2 heterocycles. The first-order valence-electron chi connectivity index (χ1n) is 12.5. The van der Waals surface area contributed by atoms with E-state index < -0.39 is 54.0 Å². The van der Waals surface area contributed by atoms with Gasteiger partial charge in [-0.2, -0.15) is 0 Å². The van der Waals surface area contributed by atoms with E-state index in [4.69, 9.17) is 4.74 Å². The number of fused-ring (bicyclic) bond motifs is 7. The van der Waals surface area contributed by atoms with Gasteiger partial charge in [-0.3, -0.25) is 19.2 Å². The number of amides is 3. The molecule has 5 atom stereocenters. The largest absolute Gasteiger partial charge is 0.457 e.